The van der Waals surface area contributed by atoms with Crippen molar-refractivity contribution in [2.24, 2.45) is 0 Å². The van der Waals surface area contributed by atoms with Crippen LogP contribution in [-0.2, 0) is 4.74 Å². The highest BCUT2D eigenvalue weighted by atomic mass is 16.5. The van der Waals surface area contributed by atoms with Crippen molar-refractivity contribution in [1.29, 1.82) is 0 Å². The first-order chi connectivity index (χ1) is 7.76. The number of carbonyl (C=O) groups excluding carboxylic acids is 1. The molecule has 0 saturated carbocycles. The van der Waals surface area contributed by atoms with Crippen LogP contribution in [0.25, 0.3) is 11.0 Å². The Balaban J connectivity index is 2.68. The lowest BCUT2D eigenvalue weighted by atomic mass is 10.2. The summed E-state index contributed by atoms with van der Waals surface area (Å²) in [5.74, 6) is -0.00111. The van der Waals surface area contributed by atoms with Gasteiger partial charge in [-0.2, -0.15) is 0 Å². The van der Waals surface area contributed by atoms with Crippen molar-refractivity contribution in [1.82, 2.24) is 9.97 Å². The van der Waals surface area contributed by atoms with E-state index in [1.54, 1.807) is 24.4 Å². The largest absolute Gasteiger partial charge is 0.481 e. The van der Waals surface area contributed by atoms with Gasteiger partial charge in [-0.25, -0.2) is 9.78 Å². The topological polar surface area (TPSA) is 61.3 Å². The molecule has 82 valence electrons. The zero-order chi connectivity index (χ0) is 11.5. The van der Waals surface area contributed by atoms with Crippen molar-refractivity contribution in [3.63, 3.8) is 0 Å². The van der Waals surface area contributed by atoms with Gasteiger partial charge >= 0.3 is 5.97 Å². The molecule has 0 atom stereocenters. The third kappa shape index (κ3) is 1.67. The van der Waals surface area contributed by atoms with E-state index in [2.05, 4.69) is 14.7 Å². The number of nitrogens with zero attached hydrogens (tertiary/aromatic N) is 2. The number of rotatable bonds is 2. The third-order valence-corrected chi connectivity index (χ3v) is 2.17. The van der Waals surface area contributed by atoms with Gasteiger partial charge in [0.05, 0.1) is 25.3 Å². The molecule has 0 N–H and O–H groups in total. The summed E-state index contributed by atoms with van der Waals surface area (Å²) in [5, 5.41) is 0. The molecule has 0 aliphatic heterocycles. The molecule has 2 heterocycles. The monoisotopic (exact) mass is 218 g/mol. The SMILES string of the molecule is COC(=O)c1ccnc2ccc(OC)nc12. The van der Waals surface area contributed by atoms with Crippen LogP contribution >= 0.6 is 0 Å². The van der Waals surface area contributed by atoms with E-state index in [4.69, 9.17) is 4.74 Å². The normalized spacial score (nSPS) is 10.1. The van der Waals surface area contributed by atoms with Gasteiger partial charge in [-0.3, -0.25) is 4.98 Å². The van der Waals surface area contributed by atoms with Crippen LogP contribution in [0.15, 0.2) is 24.4 Å². The van der Waals surface area contributed by atoms with Crippen LogP contribution in [0.2, 0.25) is 0 Å². The second-order valence-electron chi connectivity index (χ2n) is 3.07. The number of methoxy groups -OCH3 is 2. The van der Waals surface area contributed by atoms with Crippen LogP contribution in [0, 0.1) is 0 Å². The van der Waals surface area contributed by atoms with E-state index in [1.807, 2.05) is 0 Å². The Labute approximate surface area is 92.0 Å². The van der Waals surface area contributed by atoms with Crippen molar-refractivity contribution in [2.75, 3.05) is 14.2 Å². The van der Waals surface area contributed by atoms with E-state index in [0.717, 1.165) is 0 Å². The summed E-state index contributed by atoms with van der Waals surface area (Å²) in [7, 11) is 2.84. The molecule has 0 aliphatic carbocycles. The molecular formula is C11H10N2O3. The van der Waals surface area contributed by atoms with Crippen LogP contribution in [0.1, 0.15) is 10.4 Å². The molecule has 0 aromatic carbocycles. The van der Waals surface area contributed by atoms with Gasteiger partial charge in [0.1, 0.15) is 5.52 Å². The first-order valence-corrected chi connectivity index (χ1v) is 4.64. The van der Waals surface area contributed by atoms with Crippen LogP contribution in [0.3, 0.4) is 0 Å². The van der Waals surface area contributed by atoms with Gasteiger partial charge in [-0.05, 0) is 12.1 Å². The number of aromatic nitrogens is 2. The van der Waals surface area contributed by atoms with E-state index >= 15 is 0 Å². The molecule has 0 amide bonds. The summed E-state index contributed by atoms with van der Waals surface area (Å²) in [6, 6.07) is 5.00. The average Bonchev–Trinajstić information content (AvgIpc) is 2.36. The average molecular weight is 218 g/mol. The fourth-order valence-electron chi connectivity index (χ4n) is 1.40. The van der Waals surface area contributed by atoms with Crippen LogP contribution in [0.5, 0.6) is 5.88 Å². The highest BCUT2D eigenvalue weighted by molar-refractivity contribution is 6.01. The Morgan fingerprint density at radius 2 is 2.06 bits per heavy atom. The maximum atomic E-state index is 11.5. The van der Waals surface area contributed by atoms with Gasteiger partial charge in [0, 0.05) is 12.3 Å². The molecular weight excluding hydrogens is 208 g/mol. The Morgan fingerprint density at radius 1 is 1.25 bits per heavy atom. The quantitative estimate of drug-likeness (QED) is 0.713. The smallest absolute Gasteiger partial charge is 0.340 e. The summed E-state index contributed by atoms with van der Waals surface area (Å²) < 4.78 is 9.67. The first kappa shape index (κ1) is 10.4. The second-order valence-corrected chi connectivity index (χ2v) is 3.07. The minimum absolute atomic E-state index is 0.381. The van der Waals surface area contributed by atoms with Crippen LogP contribution in [-0.4, -0.2) is 30.2 Å². The minimum atomic E-state index is -0.437. The lowest BCUT2D eigenvalue weighted by molar-refractivity contribution is 0.0602. The zero-order valence-corrected chi connectivity index (χ0v) is 8.93. The molecule has 0 aliphatic rings. The molecule has 16 heavy (non-hydrogen) atoms. The Kier molecular flexibility index (Phi) is 2.68. The molecule has 0 fully saturated rings. The van der Waals surface area contributed by atoms with E-state index in [9.17, 15) is 4.79 Å². The summed E-state index contributed by atoms with van der Waals surface area (Å²) in [6.45, 7) is 0. The minimum Gasteiger partial charge on any atom is -0.481 e. The Bertz CT molecular complexity index is 540. The van der Waals surface area contributed by atoms with Gasteiger partial charge in [0.25, 0.3) is 0 Å². The predicted molar refractivity (Wildman–Crippen MR) is 57.4 cm³/mol. The maximum Gasteiger partial charge on any atom is 0.340 e. The summed E-state index contributed by atoms with van der Waals surface area (Å²) in [5.41, 5.74) is 1.49. The van der Waals surface area contributed by atoms with Crippen LogP contribution in [0.4, 0.5) is 0 Å². The number of fused-ring (bicyclic) bond motifs is 1. The molecule has 0 bridgehead atoms. The maximum absolute atomic E-state index is 11.5. The number of pyridine rings is 2. The highest BCUT2D eigenvalue weighted by Gasteiger charge is 2.12. The molecule has 0 unspecified atom stereocenters. The van der Waals surface area contributed by atoms with E-state index in [0.29, 0.717) is 22.5 Å². The zero-order valence-electron chi connectivity index (χ0n) is 8.93. The number of carbonyl (C=O) groups is 1. The first-order valence-electron chi connectivity index (χ1n) is 4.64. The molecule has 5 nitrogen and oxygen atoms in total. The van der Waals surface area contributed by atoms with Gasteiger partial charge in [0.15, 0.2) is 0 Å². The van der Waals surface area contributed by atoms with E-state index in [1.165, 1.54) is 14.2 Å². The highest BCUT2D eigenvalue weighted by Crippen LogP contribution is 2.18. The third-order valence-electron chi connectivity index (χ3n) is 2.17. The second kappa shape index (κ2) is 4.14. The summed E-state index contributed by atoms with van der Waals surface area (Å²) >= 11 is 0. The molecule has 0 radical (unpaired) electrons. The number of hydrogen-bond donors (Lipinski definition) is 0. The Morgan fingerprint density at radius 3 is 2.75 bits per heavy atom. The molecule has 2 aromatic heterocycles. The van der Waals surface area contributed by atoms with Crippen molar-refractivity contribution in [3.8, 4) is 5.88 Å². The number of hydrogen-bond acceptors (Lipinski definition) is 5. The molecule has 0 spiro atoms. The molecule has 2 aromatic rings. The van der Waals surface area contributed by atoms with E-state index < -0.39 is 5.97 Å². The lowest BCUT2D eigenvalue weighted by Gasteiger charge is -2.04. The van der Waals surface area contributed by atoms with Crippen molar-refractivity contribution < 1.29 is 14.3 Å². The van der Waals surface area contributed by atoms with Crippen molar-refractivity contribution >= 4 is 17.0 Å². The van der Waals surface area contributed by atoms with Gasteiger partial charge in [-0.15, -0.1) is 0 Å². The number of esters is 1. The van der Waals surface area contributed by atoms with Crippen LogP contribution < -0.4 is 4.74 Å². The molecule has 0 saturated heterocycles. The molecule has 2 rings (SSSR count). The van der Waals surface area contributed by atoms with E-state index in [-0.39, 0.29) is 0 Å². The van der Waals surface area contributed by atoms with Gasteiger partial charge in [-0.1, -0.05) is 0 Å². The van der Waals surface area contributed by atoms with Gasteiger partial charge in [0.2, 0.25) is 5.88 Å². The fourth-order valence-corrected chi connectivity index (χ4v) is 1.40. The summed E-state index contributed by atoms with van der Waals surface area (Å²) in [6.07, 6.45) is 1.54. The number of ether oxygens (including phenoxy) is 2. The van der Waals surface area contributed by atoms with Gasteiger partial charge < -0.3 is 9.47 Å². The fraction of sp³-hybridized carbons (Fsp3) is 0.182. The van der Waals surface area contributed by atoms with Crippen molar-refractivity contribution in [3.05, 3.63) is 30.0 Å². The summed E-state index contributed by atoms with van der Waals surface area (Å²) in [4.78, 5) is 19.8. The predicted octanol–water partition coefficient (Wildman–Crippen LogP) is 1.42. The standard InChI is InChI=1S/C11H10N2O3/c1-15-9-4-3-8-10(13-9)7(5-6-12-8)11(14)16-2/h3-6H,1-2H3. The molecule has 5 heteroatoms. The Hall–Kier alpha value is -2.17. The van der Waals surface area contributed by atoms with Crippen molar-refractivity contribution in [2.45, 2.75) is 0 Å². The lowest BCUT2D eigenvalue weighted by Crippen LogP contribution is -2.04.